The van der Waals surface area contributed by atoms with Crippen LogP contribution in [0.4, 0.5) is 11.8 Å². The zero-order valence-electron chi connectivity index (χ0n) is 11.6. The molecule has 2 heterocycles. The molecule has 106 valence electrons. The number of aromatic nitrogens is 4. The van der Waals surface area contributed by atoms with Crippen molar-refractivity contribution < 1.29 is 0 Å². The second kappa shape index (κ2) is 6.65. The molecular weight excluding hydrogens is 256 g/mol. The van der Waals surface area contributed by atoms with E-state index in [1.807, 2.05) is 13.0 Å². The molecule has 0 fully saturated rings. The van der Waals surface area contributed by atoms with Crippen molar-refractivity contribution in [3.8, 4) is 0 Å². The number of H-pyrrole nitrogens is 1. The molecule has 0 saturated heterocycles. The van der Waals surface area contributed by atoms with Crippen LogP contribution in [0.5, 0.6) is 0 Å². The van der Waals surface area contributed by atoms with E-state index >= 15 is 0 Å². The molecule has 0 spiro atoms. The van der Waals surface area contributed by atoms with E-state index in [4.69, 9.17) is 0 Å². The Balaban J connectivity index is 1.92. The minimum atomic E-state index is -0.127. The van der Waals surface area contributed by atoms with Gasteiger partial charge in [-0.2, -0.15) is 4.98 Å². The van der Waals surface area contributed by atoms with Crippen molar-refractivity contribution in [1.29, 1.82) is 0 Å². The molecule has 0 atom stereocenters. The molecule has 7 nitrogen and oxygen atoms in total. The summed E-state index contributed by atoms with van der Waals surface area (Å²) in [5, 5.41) is 6.23. The highest BCUT2D eigenvalue weighted by molar-refractivity contribution is 5.39. The number of hydrogen-bond acceptors (Lipinski definition) is 6. The lowest BCUT2D eigenvalue weighted by molar-refractivity contribution is 0.858. The van der Waals surface area contributed by atoms with Gasteiger partial charge in [-0.1, -0.05) is 0 Å². The average molecular weight is 274 g/mol. The molecule has 0 bridgehead atoms. The molecule has 2 aromatic heterocycles. The van der Waals surface area contributed by atoms with Crippen molar-refractivity contribution in [3.63, 3.8) is 0 Å². The van der Waals surface area contributed by atoms with Crippen LogP contribution in [-0.4, -0.2) is 33.0 Å². The third-order valence-electron chi connectivity index (χ3n) is 2.58. The van der Waals surface area contributed by atoms with E-state index < -0.39 is 0 Å². The van der Waals surface area contributed by atoms with Crippen molar-refractivity contribution in [2.24, 2.45) is 0 Å². The molecule has 0 unspecified atom stereocenters. The van der Waals surface area contributed by atoms with E-state index in [-0.39, 0.29) is 5.56 Å². The molecule has 20 heavy (non-hydrogen) atoms. The van der Waals surface area contributed by atoms with Gasteiger partial charge in [-0.3, -0.25) is 4.79 Å². The Morgan fingerprint density at radius 2 is 2.15 bits per heavy atom. The van der Waals surface area contributed by atoms with Gasteiger partial charge in [0.2, 0.25) is 5.95 Å². The standard InChI is InChI=1S/C13H18N6O/c1-3-14-10-4-6-15-13(19-10)16-7-5-11-17-9(2)8-12(20)18-11/h4,6,8H,3,5,7H2,1-2H3,(H,17,18,20)(H2,14,15,16,19). The molecule has 0 amide bonds. The smallest absolute Gasteiger partial charge is 0.251 e. The van der Waals surface area contributed by atoms with Gasteiger partial charge in [0.15, 0.2) is 0 Å². The Kier molecular flexibility index (Phi) is 4.65. The molecule has 0 radical (unpaired) electrons. The number of rotatable bonds is 6. The molecule has 7 heteroatoms. The van der Waals surface area contributed by atoms with Gasteiger partial charge in [-0.05, 0) is 19.9 Å². The van der Waals surface area contributed by atoms with Crippen molar-refractivity contribution in [2.45, 2.75) is 20.3 Å². The molecule has 0 aliphatic heterocycles. The number of nitrogens with one attached hydrogen (secondary N) is 3. The zero-order valence-corrected chi connectivity index (χ0v) is 11.6. The van der Waals surface area contributed by atoms with E-state index in [1.165, 1.54) is 6.07 Å². The van der Waals surface area contributed by atoms with Gasteiger partial charge in [0, 0.05) is 37.5 Å². The topological polar surface area (TPSA) is 95.6 Å². The van der Waals surface area contributed by atoms with Crippen molar-refractivity contribution >= 4 is 11.8 Å². The quantitative estimate of drug-likeness (QED) is 0.726. The maximum atomic E-state index is 11.3. The van der Waals surface area contributed by atoms with E-state index in [0.29, 0.717) is 30.4 Å². The lowest BCUT2D eigenvalue weighted by atomic mass is 10.3. The molecule has 0 aliphatic rings. The summed E-state index contributed by atoms with van der Waals surface area (Å²) in [6.07, 6.45) is 2.30. The monoisotopic (exact) mass is 274 g/mol. The second-order valence-electron chi connectivity index (χ2n) is 4.31. The summed E-state index contributed by atoms with van der Waals surface area (Å²) in [5.41, 5.74) is 0.590. The number of aromatic amines is 1. The highest BCUT2D eigenvalue weighted by Crippen LogP contribution is 2.05. The Hall–Kier alpha value is -2.44. The first-order valence-corrected chi connectivity index (χ1v) is 6.55. The van der Waals surface area contributed by atoms with Gasteiger partial charge in [0.05, 0.1) is 0 Å². The second-order valence-corrected chi connectivity index (χ2v) is 4.31. The SMILES string of the molecule is CCNc1ccnc(NCCc2nc(C)cc(=O)[nH]2)n1. The summed E-state index contributed by atoms with van der Waals surface area (Å²) >= 11 is 0. The first-order valence-electron chi connectivity index (χ1n) is 6.55. The fraction of sp³-hybridized carbons (Fsp3) is 0.385. The molecule has 0 aromatic carbocycles. The molecule has 2 aromatic rings. The number of aryl methyl sites for hydroxylation is 1. The number of nitrogens with zero attached hydrogens (tertiary/aromatic N) is 3. The van der Waals surface area contributed by atoms with E-state index in [0.717, 1.165) is 12.4 Å². The van der Waals surface area contributed by atoms with Gasteiger partial charge < -0.3 is 15.6 Å². The Morgan fingerprint density at radius 3 is 2.90 bits per heavy atom. The zero-order chi connectivity index (χ0) is 14.4. The summed E-state index contributed by atoms with van der Waals surface area (Å²) in [4.78, 5) is 26.7. The van der Waals surface area contributed by atoms with Crippen molar-refractivity contribution in [1.82, 2.24) is 19.9 Å². The van der Waals surface area contributed by atoms with Gasteiger partial charge in [-0.25, -0.2) is 9.97 Å². The lowest BCUT2D eigenvalue weighted by Crippen LogP contribution is -2.15. The summed E-state index contributed by atoms with van der Waals surface area (Å²) in [7, 11) is 0. The first kappa shape index (κ1) is 14.0. The van der Waals surface area contributed by atoms with E-state index in [9.17, 15) is 4.79 Å². The number of anilines is 2. The normalized spacial score (nSPS) is 10.3. The summed E-state index contributed by atoms with van der Waals surface area (Å²) in [6.45, 7) is 5.22. The third-order valence-corrected chi connectivity index (χ3v) is 2.58. The van der Waals surface area contributed by atoms with E-state index in [2.05, 4.69) is 30.6 Å². The van der Waals surface area contributed by atoms with Crippen LogP contribution in [-0.2, 0) is 6.42 Å². The highest BCUT2D eigenvalue weighted by Gasteiger charge is 2.01. The predicted octanol–water partition coefficient (Wildman–Crippen LogP) is 0.955. The maximum Gasteiger partial charge on any atom is 0.251 e. The van der Waals surface area contributed by atoms with Crippen LogP contribution in [0, 0.1) is 6.92 Å². The average Bonchev–Trinajstić information content (AvgIpc) is 2.38. The molecule has 0 saturated carbocycles. The van der Waals surface area contributed by atoms with Gasteiger partial charge in [-0.15, -0.1) is 0 Å². The Morgan fingerprint density at radius 1 is 1.30 bits per heavy atom. The number of hydrogen-bond donors (Lipinski definition) is 3. The first-order chi connectivity index (χ1) is 9.67. The maximum absolute atomic E-state index is 11.3. The van der Waals surface area contributed by atoms with Gasteiger partial charge in [0.1, 0.15) is 11.6 Å². The Labute approximate surface area is 116 Å². The molecular formula is C13H18N6O. The fourth-order valence-electron chi connectivity index (χ4n) is 1.78. The van der Waals surface area contributed by atoms with Crippen LogP contribution in [0.2, 0.25) is 0 Å². The fourth-order valence-corrected chi connectivity index (χ4v) is 1.78. The van der Waals surface area contributed by atoms with Crippen molar-refractivity contribution in [2.75, 3.05) is 23.7 Å². The highest BCUT2D eigenvalue weighted by atomic mass is 16.1. The lowest BCUT2D eigenvalue weighted by Gasteiger charge is -2.07. The van der Waals surface area contributed by atoms with E-state index in [1.54, 1.807) is 13.1 Å². The van der Waals surface area contributed by atoms with Crippen LogP contribution in [0.15, 0.2) is 23.1 Å². The molecule has 2 rings (SSSR count). The summed E-state index contributed by atoms with van der Waals surface area (Å²) in [6, 6.07) is 3.29. The summed E-state index contributed by atoms with van der Waals surface area (Å²) < 4.78 is 0. The van der Waals surface area contributed by atoms with Gasteiger partial charge in [0.25, 0.3) is 5.56 Å². The van der Waals surface area contributed by atoms with Crippen molar-refractivity contribution in [3.05, 3.63) is 40.2 Å². The third kappa shape index (κ3) is 4.04. The van der Waals surface area contributed by atoms with Crippen LogP contribution < -0.4 is 16.2 Å². The van der Waals surface area contributed by atoms with Crippen LogP contribution in [0.25, 0.3) is 0 Å². The summed E-state index contributed by atoms with van der Waals surface area (Å²) in [5.74, 6) is 2.00. The predicted molar refractivity (Wildman–Crippen MR) is 78.0 cm³/mol. The van der Waals surface area contributed by atoms with Crippen LogP contribution in [0.3, 0.4) is 0 Å². The van der Waals surface area contributed by atoms with Gasteiger partial charge >= 0.3 is 0 Å². The van der Waals surface area contributed by atoms with Crippen LogP contribution in [0.1, 0.15) is 18.4 Å². The Bertz CT molecular complexity index is 624. The minimum absolute atomic E-state index is 0.127. The molecule has 0 aliphatic carbocycles. The largest absolute Gasteiger partial charge is 0.370 e. The minimum Gasteiger partial charge on any atom is -0.370 e. The van der Waals surface area contributed by atoms with Crippen LogP contribution >= 0.6 is 0 Å². The molecule has 3 N–H and O–H groups in total.